The first kappa shape index (κ1) is 16.3. The minimum Gasteiger partial charge on any atom is -0.453 e. The molecule has 23 heavy (non-hydrogen) atoms. The van der Waals surface area contributed by atoms with Crippen molar-refractivity contribution in [2.45, 2.75) is 38.1 Å². The summed E-state index contributed by atoms with van der Waals surface area (Å²) >= 11 is 3.45. The van der Waals surface area contributed by atoms with Crippen LogP contribution >= 0.6 is 15.9 Å². The number of fused-ring (bicyclic) bond motifs is 2. The minimum absolute atomic E-state index is 0.0114. The fraction of sp³-hybridized carbons (Fsp3) is 0.529. The van der Waals surface area contributed by atoms with Gasteiger partial charge in [0.1, 0.15) is 0 Å². The highest BCUT2D eigenvalue weighted by molar-refractivity contribution is 9.10. The number of methoxy groups -OCH3 is 1. The molecule has 2 aliphatic heterocycles. The molecule has 5 nitrogen and oxygen atoms in total. The molecular weight excluding hydrogens is 360 g/mol. The molecule has 3 rings (SSSR count). The number of halogens is 1. The highest BCUT2D eigenvalue weighted by Gasteiger charge is 2.58. The van der Waals surface area contributed by atoms with Crippen molar-refractivity contribution in [3.05, 3.63) is 28.2 Å². The Kier molecular flexibility index (Phi) is 4.12. The summed E-state index contributed by atoms with van der Waals surface area (Å²) in [7, 11) is 1.39. The molecule has 2 heterocycles. The molecular formula is C17H21BrN2O3. The molecule has 124 valence electrons. The van der Waals surface area contributed by atoms with Gasteiger partial charge in [0.15, 0.2) is 0 Å². The van der Waals surface area contributed by atoms with Gasteiger partial charge in [-0.25, -0.2) is 4.79 Å². The van der Waals surface area contributed by atoms with E-state index in [9.17, 15) is 9.59 Å². The molecule has 1 fully saturated rings. The highest BCUT2D eigenvalue weighted by Crippen LogP contribution is 2.50. The number of nitrogens with one attached hydrogen (secondary N) is 1. The van der Waals surface area contributed by atoms with Crippen molar-refractivity contribution in [1.82, 2.24) is 4.90 Å². The Morgan fingerprint density at radius 1 is 1.52 bits per heavy atom. The van der Waals surface area contributed by atoms with Crippen LogP contribution in [-0.2, 0) is 14.9 Å². The molecule has 0 saturated carbocycles. The van der Waals surface area contributed by atoms with Crippen molar-refractivity contribution >= 4 is 33.6 Å². The number of carbonyl (C=O) groups excluding carboxylic acids is 2. The molecule has 1 saturated heterocycles. The first-order chi connectivity index (χ1) is 10.9. The lowest BCUT2D eigenvalue weighted by Crippen LogP contribution is -2.49. The van der Waals surface area contributed by atoms with Crippen LogP contribution in [0.2, 0.25) is 0 Å². The fourth-order valence-corrected chi connectivity index (χ4v) is 4.30. The number of amides is 2. The lowest BCUT2D eigenvalue weighted by Gasteiger charge is -2.34. The van der Waals surface area contributed by atoms with Crippen molar-refractivity contribution < 1.29 is 14.3 Å². The third-order valence-electron chi connectivity index (χ3n) is 4.91. The second-order valence-electron chi connectivity index (χ2n) is 6.67. The van der Waals surface area contributed by atoms with Gasteiger partial charge in [-0.2, -0.15) is 0 Å². The molecule has 2 amide bonds. The van der Waals surface area contributed by atoms with Gasteiger partial charge in [-0.15, -0.1) is 0 Å². The van der Waals surface area contributed by atoms with Crippen LogP contribution < -0.4 is 5.32 Å². The van der Waals surface area contributed by atoms with E-state index in [1.807, 2.05) is 18.2 Å². The van der Waals surface area contributed by atoms with E-state index in [0.29, 0.717) is 18.9 Å². The van der Waals surface area contributed by atoms with E-state index in [4.69, 9.17) is 4.74 Å². The Hall–Kier alpha value is -1.56. The van der Waals surface area contributed by atoms with Gasteiger partial charge in [0, 0.05) is 16.7 Å². The van der Waals surface area contributed by atoms with Gasteiger partial charge < -0.3 is 15.0 Å². The minimum atomic E-state index is -0.672. The van der Waals surface area contributed by atoms with E-state index in [2.05, 4.69) is 35.1 Å². The van der Waals surface area contributed by atoms with Crippen molar-refractivity contribution in [3.8, 4) is 0 Å². The standard InChI is InChI=1S/C17H21BrN2O3/c1-10(2)8-14-17(6-7-20(14)16(22)23-3)12-5-4-11(18)9-13(12)19-15(17)21/h4-5,9-10,14H,6-8H2,1-3H3,(H,19,21)/t14-,17-/m0/s1. The smallest absolute Gasteiger partial charge is 0.409 e. The second kappa shape index (κ2) is 5.82. The summed E-state index contributed by atoms with van der Waals surface area (Å²) in [5.41, 5.74) is 1.15. The normalized spacial score (nSPS) is 25.9. The highest BCUT2D eigenvalue weighted by atomic mass is 79.9. The summed E-state index contributed by atoms with van der Waals surface area (Å²) in [4.78, 5) is 26.8. The van der Waals surface area contributed by atoms with Crippen LogP contribution in [0.5, 0.6) is 0 Å². The maximum absolute atomic E-state index is 12.9. The van der Waals surface area contributed by atoms with Crippen LogP contribution in [0.25, 0.3) is 0 Å². The zero-order valence-corrected chi connectivity index (χ0v) is 15.1. The summed E-state index contributed by atoms with van der Waals surface area (Å²) in [6, 6.07) is 5.69. The van der Waals surface area contributed by atoms with E-state index >= 15 is 0 Å². The van der Waals surface area contributed by atoms with Gasteiger partial charge in [0.05, 0.1) is 18.6 Å². The number of nitrogens with zero attached hydrogens (tertiary/aromatic N) is 1. The van der Waals surface area contributed by atoms with Gasteiger partial charge in [0.2, 0.25) is 5.91 Å². The Labute approximate surface area is 144 Å². The molecule has 2 atom stereocenters. The molecule has 1 aromatic carbocycles. The number of hydrogen-bond acceptors (Lipinski definition) is 3. The number of hydrogen-bond donors (Lipinski definition) is 1. The topological polar surface area (TPSA) is 58.6 Å². The summed E-state index contributed by atoms with van der Waals surface area (Å²) in [5, 5.41) is 3.00. The molecule has 6 heteroatoms. The van der Waals surface area contributed by atoms with Gasteiger partial charge in [-0.1, -0.05) is 35.8 Å². The Morgan fingerprint density at radius 3 is 2.91 bits per heavy atom. The van der Waals surface area contributed by atoms with Crippen LogP contribution in [0.1, 0.15) is 32.3 Å². The predicted molar refractivity (Wildman–Crippen MR) is 91.4 cm³/mol. The van der Waals surface area contributed by atoms with Crippen LogP contribution in [0.4, 0.5) is 10.5 Å². The fourth-order valence-electron chi connectivity index (χ4n) is 3.94. The quantitative estimate of drug-likeness (QED) is 0.853. The second-order valence-corrected chi connectivity index (χ2v) is 7.59. The molecule has 2 aliphatic rings. The third kappa shape index (κ3) is 2.43. The summed E-state index contributed by atoms with van der Waals surface area (Å²) in [5.74, 6) is 0.358. The van der Waals surface area contributed by atoms with Crippen LogP contribution in [0, 0.1) is 5.92 Å². The summed E-state index contributed by atoms with van der Waals surface area (Å²) < 4.78 is 5.87. The molecule has 1 aromatic rings. The lowest BCUT2D eigenvalue weighted by molar-refractivity contribution is -0.121. The lowest BCUT2D eigenvalue weighted by atomic mass is 9.72. The van der Waals surface area contributed by atoms with Gasteiger partial charge in [0.25, 0.3) is 0 Å². The first-order valence-corrected chi connectivity index (χ1v) is 8.65. The van der Waals surface area contributed by atoms with Crippen LogP contribution in [-0.4, -0.2) is 36.6 Å². The van der Waals surface area contributed by atoms with Crippen molar-refractivity contribution in [3.63, 3.8) is 0 Å². The molecule has 0 aliphatic carbocycles. The number of benzene rings is 1. The van der Waals surface area contributed by atoms with Crippen LogP contribution in [0.3, 0.4) is 0 Å². The van der Waals surface area contributed by atoms with E-state index in [1.165, 1.54) is 7.11 Å². The SMILES string of the molecule is COC(=O)N1CC[C@@]2(C(=O)Nc3cc(Br)ccc32)[C@@H]1CC(C)C. The molecule has 1 N–H and O–H groups in total. The number of rotatable bonds is 2. The van der Waals surface area contributed by atoms with Crippen molar-refractivity contribution in [2.24, 2.45) is 5.92 Å². The number of likely N-dealkylation sites (tertiary alicyclic amines) is 1. The third-order valence-corrected chi connectivity index (χ3v) is 5.40. The average molecular weight is 381 g/mol. The zero-order valence-electron chi connectivity index (χ0n) is 13.6. The van der Waals surface area contributed by atoms with Crippen molar-refractivity contribution in [2.75, 3.05) is 19.0 Å². The maximum Gasteiger partial charge on any atom is 0.409 e. The molecule has 0 radical (unpaired) electrons. The number of ether oxygens (including phenoxy) is 1. The van der Waals surface area contributed by atoms with E-state index < -0.39 is 5.41 Å². The predicted octanol–water partition coefficient (Wildman–Crippen LogP) is 3.53. The monoisotopic (exact) mass is 380 g/mol. The Bertz CT molecular complexity index is 661. The average Bonchev–Trinajstić information content (AvgIpc) is 2.98. The Balaban J connectivity index is 2.09. The zero-order chi connectivity index (χ0) is 16.8. The molecule has 0 unspecified atom stereocenters. The van der Waals surface area contributed by atoms with Gasteiger partial charge in [-0.3, -0.25) is 4.79 Å². The first-order valence-electron chi connectivity index (χ1n) is 7.86. The molecule has 0 bridgehead atoms. The van der Waals surface area contributed by atoms with E-state index in [-0.39, 0.29) is 18.0 Å². The summed E-state index contributed by atoms with van der Waals surface area (Å²) in [6.07, 6.45) is 1.03. The van der Waals surface area contributed by atoms with E-state index in [0.717, 1.165) is 22.1 Å². The van der Waals surface area contributed by atoms with Gasteiger partial charge in [-0.05, 0) is 36.5 Å². The van der Waals surface area contributed by atoms with Crippen LogP contribution in [0.15, 0.2) is 22.7 Å². The Morgan fingerprint density at radius 2 is 2.26 bits per heavy atom. The largest absolute Gasteiger partial charge is 0.453 e. The van der Waals surface area contributed by atoms with Crippen molar-refractivity contribution in [1.29, 1.82) is 0 Å². The molecule has 1 spiro atoms. The maximum atomic E-state index is 12.9. The van der Waals surface area contributed by atoms with Gasteiger partial charge >= 0.3 is 6.09 Å². The summed E-state index contributed by atoms with van der Waals surface area (Å²) in [6.45, 7) is 4.75. The molecule has 0 aromatic heterocycles. The van der Waals surface area contributed by atoms with E-state index in [1.54, 1.807) is 4.90 Å². The number of carbonyl (C=O) groups is 2. The number of anilines is 1.